The van der Waals surface area contributed by atoms with Crippen LogP contribution in [0.2, 0.25) is 0 Å². The Hall–Kier alpha value is -1.47. The summed E-state index contributed by atoms with van der Waals surface area (Å²) in [5.74, 6) is 0.433. The van der Waals surface area contributed by atoms with Crippen molar-refractivity contribution in [2.24, 2.45) is 0 Å². The highest BCUT2D eigenvalue weighted by atomic mass is 32.1. The molecule has 0 saturated heterocycles. The Balaban J connectivity index is 1.71. The molecule has 0 aromatic carbocycles. The lowest BCUT2D eigenvalue weighted by Crippen LogP contribution is -2.37. The van der Waals surface area contributed by atoms with Gasteiger partial charge in [0.25, 0.3) is 0 Å². The molecule has 0 unspecified atom stereocenters. The maximum Gasteiger partial charge on any atom is 0.317 e. The van der Waals surface area contributed by atoms with Gasteiger partial charge >= 0.3 is 6.03 Å². The third kappa shape index (κ3) is 5.28. The van der Waals surface area contributed by atoms with E-state index < -0.39 is 0 Å². The molecule has 23 heavy (non-hydrogen) atoms. The van der Waals surface area contributed by atoms with Gasteiger partial charge in [0.05, 0.1) is 28.5 Å². The number of nitrogens with zero attached hydrogens (tertiary/aromatic N) is 3. The van der Waals surface area contributed by atoms with Crippen LogP contribution < -0.4 is 5.32 Å². The lowest BCUT2D eigenvalue weighted by molar-refractivity contribution is 0.206. The Morgan fingerprint density at radius 2 is 2.17 bits per heavy atom. The van der Waals surface area contributed by atoms with Crippen molar-refractivity contribution in [3.8, 4) is 0 Å². The molecule has 0 aliphatic rings. The van der Waals surface area contributed by atoms with Gasteiger partial charge in [0.2, 0.25) is 0 Å². The zero-order valence-electron chi connectivity index (χ0n) is 14.1. The van der Waals surface area contributed by atoms with Crippen molar-refractivity contribution in [2.45, 2.75) is 46.1 Å². The van der Waals surface area contributed by atoms with Crippen LogP contribution in [0.15, 0.2) is 10.9 Å². The topological polar surface area (TPSA) is 58.1 Å². The van der Waals surface area contributed by atoms with E-state index in [1.165, 1.54) is 4.88 Å². The van der Waals surface area contributed by atoms with Gasteiger partial charge < -0.3 is 10.2 Å². The minimum Gasteiger partial charge on any atom is -0.338 e. The fourth-order valence-corrected chi connectivity index (χ4v) is 3.77. The van der Waals surface area contributed by atoms with Crippen LogP contribution >= 0.6 is 22.7 Å². The van der Waals surface area contributed by atoms with Gasteiger partial charge in [-0.1, -0.05) is 13.8 Å². The number of carbonyl (C=O) groups is 1. The summed E-state index contributed by atoms with van der Waals surface area (Å²) in [6.45, 7) is 7.50. The lowest BCUT2D eigenvalue weighted by Gasteiger charge is -2.16. The summed E-state index contributed by atoms with van der Waals surface area (Å²) in [6.07, 6.45) is 1.89. The van der Waals surface area contributed by atoms with Crippen LogP contribution in [0.5, 0.6) is 0 Å². The number of rotatable bonds is 7. The minimum absolute atomic E-state index is 0.0508. The summed E-state index contributed by atoms with van der Waals surface area (Å²) >= 11 is 3.34. The number of amides is 2. The second-order valence-corrected chi connectivity index (χ2v) is 7.71. The first-order valence-corrected chi connectivity index (χ1v) is 9.55. The Kier molecular flexibility index (Phi) is 6.53. The van der Waals surface area contributed by atoms with Crippen LogP contribution in [0.3, 0.4) is 0 Å². The lowest BCUT2D eigenvalue weighted by atomic mass is 10.2. The number of nitrogens with one attached hydrogen (secondary N) is 1. The number of aromatic nitrogens is 2. The Labute approximate surface area is 145 Å². The average Bonchev–Trinajstić information content (AvgIpc) is 3.13. The molecule has 2 aromatic heterocycles. The summed E-state index contributed by atoms with van der Waals surface area (Å²) in [6, 6.07) is -0.0508. The van der Waals surface area contributed by atoms with Crippen LogP contribution in [0.25, 0.3) is 0 Å². The molecule has 0 bridgehead atoms. The third-order valence-corrected chi connectivity index (χ3v) is 5.70. The summed E-state index contributed by atoms with van der Waals surface area (Å²) in [4.78, 5) is 23.9. The largest absolute Gasteiger partial charge is 0.338 e. The third-order valence-electron chi connectivity index (χ3n) is 3.51. The van der Waals surface area contributed by atoms with Crippen molar-refractivity contribution in [1.82, 2.24) is 20.2 Å². The van der Waals surface area contributed by atoms with E-state index in [0.717, 1.165) is 29.2 Å². The normalized spacial score (nSPS) is 11.0. The first-order valence-electron chi connectivity index (χ1n) is 7.79. The highest BCUT2D eigenvalue weighted by Gasteiger charge is 2.12. The zero-order chi connectivity index (χ0) is 16.8. The second-order valence-electron chi connectivity index (χ2n) is 5.88. The maximum absolute atomic E-state index is 12.1. The van der Waals surface area contributed by atoms with Crippen LogP contribution in [-0.2, 0) is 13.0 Å². The van der Waals surface area contributed by atoms with Crippen molar-refractivity contribution < 1.29 is 4.79 Å². The van der Waals surface area contributed by atoms with Gasteiger partial charge in [-0.15, -0.1) is 22.7 Å². The van der Waals surface area contributed by atoms with E-state index in [4.69, 9.17) is 0 Å². The molecule has 0 aliphatic heterocycles. The van der Waals surface area contributed by atoms with Gasteiger partial charge in [-0.05, 0) is 19.8 Å². The molecular weight excluding hydrogens is 328 g/mol. The van der Waals surface area contributed by atoms with Crippen LogP contribution in [-0.4, -0.2) is 34.5 Å². The molecule has 1 N–H and O–H groups in total. The van der Waals surface area contributed by atoms with Gasteiger partial charge in [0.1, 0.15) is 0 Å². The van der Waals surface area contributed by atoms with E-state index in [1.807, 2.05) is 17.8 Å². The first-order chi connectivity index (χ1) is 11.0. The molecule has 0 spiro atoms. The molecule has 5 nitrogen and oxygen atoms in total. The van der Waals surface area contributed by atoms with Gasteiger partial charge in [0.15, 0.2) is 0 Å². The maximum atomic E-state index is 12.1. The number of aryl methyl sites for hydroxylation is 2. The summed E-state index contributed by atoms with van der Waals surface area (Å²) in [5, 5.41) is 6.11. The van der Waals surface area contributed by atoms with E-state index in [9.17, 15) is 4.79 Å². The summed E-state index contributed by atoms with van der Waals surface area (Å²) < 4.78 is 0. The number of hydrogen-bond acceptors (Lipinski definition) is 5. The molecule has 2 heterocycles. The first kappa shape index (κ1) is 17.9. The van der Waals surface area contributed by atoms with Crippen molar-refractivity contribution in [3.63, 3.8) is 0 Å². The van der Waals surface area contributed by atoms with Crippen molar-refractivity contribution in [1.29, 1.82) is 0 Å². The predicted molar refractivity (Wildman–Crippen MR) is 96.2 cm³/mol. The molecule has 0 atom stereocenters. The summed E-state index contributed by atoms with van der Waals surface area (Å²) in [7, 11) is 1.80. The van der Waals surface area contributed by atoms with Crippen molar-refractivity contribution >= 4 is 28.7 Å². The SMILES string of the molecule is Cc1ncsc1CCCNC(=O)N(C)Cc1csc(C(C)C)n1. The van der Waals surface area contributed by atoms with Crippen molar-refractivity contribution in [3.05, 3.63) is 32.2 Å². The monoisotopic (exact) mass is 352 g/mol. The Morgan fingerprint density at radius 3 is 2.78 bits per heavy atom. The smallest absolute Gasteiger partial charge is 0.317 e. The second kappa shape index (κ2) is 8.40. The zero-order valence-corrected chi connectivity index (χ0v) is 15.8. The van der Waals surface area contributed by atoms with Crippen LogP contribution in [0.1, 0.15) is 47.5 Å². The van der Waals surface area contributed by atoms with Gasteiger partial charge in [0, 0.05) is 29.8 Å². The van der Waals surface area contributed by atoms with Gasteiger partial charge in [-0.25, -0.2) is 14.8 Å². The molecular formula is C16H24N4OS2. The standard InChI is InChI=1S/C16H24N4OS2/c1-11(2)15-19-13(9-22-15)8-20(4)16(21)17-7-5-6-14-12(3)18-10-23-14/h9-11H,5-8H2,1-4H3,(H,17,21). The Morgan fingerprint density at radius 1 is 1.39 bits per heavy atom. The molecule has 0 aliphatic carbocycles. The molecule has 0 fully saturated rings. The molecule has 2 amide bonds. The molecule has 7 heteroatoms. The van der Waals surface area contributed by atoms with Gasteiger partial charge in [-0.3, -0.25) is 0 Å². The highest BCUT2D eigenvalue weighted by molar-refractivity contribution is 7.10. The van der Waals surface area contributed by atoms with E-state index in [2.05, 4.69) is 29.1 Å². The molecule has 2 aromatic rings. The van der Waals surface area contributed by atoms with Crippen LogP contribution in [0, 0.1) is 6.92 Å². The molecule has 126 valence electrons. The fraction of sp³-hybridized carbons (Fsp3) is 0.562. The number of carbonyl (C=O) groups excluding carboxylic acids is 1. The molecule has 2 rings (SSSR count). The number of urea groups is 1. The van der Waals surface area contributed by atoms with Crippen molar-refractivity contribution in [2.75, 3.05) is 13.6 Å². The van der Waals surface area contributed by atoms with Crippen LogP contribution in [0.4, 0.5) is 4.79 Å². The number of thiazole rings is 2. The average molecular weight is 353 g/mol. The van der Waals surface area contributed by atoms with E-state index >= 15 is 0 Å². The minimum atomic E-state index is -0.0508. The quantitative estimate of drug-likeness (QED) is 0.771. The molecule has 0 saturated carbocycles. The highest BCUT2D eigenvalue weighted by Crippen LogP contribution is 2.19. The van der Waals surface area contributed by atoms with Gasteiger partial charge in [-0.2, -0.15) is 0 Å². The van der Waals surface area contributed by atoms with E-state index in [-0.39, 0.29) is 6.03 Å². The van der Waals surface area contributed by atoms with E-state index in [1.54, 1.807) is 34.6 Å². The number of hydrogen-bond donors (Lipinski definition) is 1. The fourth-order valence-electron chi connectivity index (χ4n) is 2.12. The molecule has 0 radical (unpaired) electrons. The Bertz CT molecular complexity index is 636. The predicted octanol–water partition coefficient (Wildman–Crippen LogP) is 3.81. The van der Waals surface area contributed by atoms with E-state index in [0.29, 0.717) is 19.0 Å². The summed E-state index contributed by atoms with van der Waals surface area (Å²) in [5.41, 5.74) is 3.93.